The van der Waals surface area contributed by atoms with Crippen LogP contribution < -0.4 is 5.73 Å². The summed E-state index contributed by atoms with van der Waals surface area (Å²) in [7, 11) is 0. The van der Waals surface area contributed by atoms with Gasteiger partial charge in [-0.25, -0.2) is 14.6 Å². The van der Waals surface area contributed by atoms with Crippen molar-refractivity contribution in [3.8, 4) is 28.7 Å². The fourth-order valence-corrected chi connectivity index (χ4v) is 4.66. The fourth-order valence-electron chi connectivity index (χ4n) is 4.66. The Balaban J connectivity index is 1.36. The first kappa shape index (κ1) is 24.0. The number of benzene rings is 1. The second-order valence-corrected chi connectivity index (χ2v) is 8.95. The maximum Gasteiger partial charge on any atom is 0.320 e. The van der Waals surface area contributed by atoms with Crippen molar-refractivity contribution < 1.29 is 9.90 Å². The summed E-state index contributed by atoms with van der Waals surface area (Å²) in [6, 6.07) is 16.1. The Labute approximate surface area is 213 Å². The molecule has 4 heterocycles. The SMILES string of the molecule is C[C@@H](c1cccc(Cn2cc(-c3cc(-c4cccc(C#N)c4)nc(N)n3)nn2)n1)N1CCC[C@@H]1C(=O)O. The van der Waals surface area contributed by atoms with Crippen LogP contribution in [0.5, 0.6) is 0 Å². The third-order valence-corrected chi connectivity index (χ3v) is 6.49. The van der Waals surface area contributed by atoms with Gasteiger partial charge < -0.3 is 10.8 Å². The first-order chi connectivity index (χ1) is 17.9. The summed E-state index contributed by atoms with van der Waals surface area (Å²) in [5.74, 6) is -0.698. The van der Waals surface area contributed by atoms with E-state index in [1.165, 1.54) is 0 Å². The van der Waals surface area contributed by atoms with Crippen LogP contribution in [0, 0.1) is 11.3 Å². The van der Waals surface area contributed by atoms with Crippen LogP contribution in [0.3, 0.4) is 0 Å². The van der Waals surface area contributed by atoms with Crippen LogP contribution in [-0.2, 0) is 11.3 Å². The van der Waals surface area contributed by atoms with E-state index in [4.69, 9.17) is 10.7 Å². The van der Waals surface area contributed by atoms with Gasteiger partial charge in [0.1, 0.15) is 11.7 Å². The number of likely N-dealkylation sites (tertiary alicyclic amines) is 1. The minimum Gasteiger partial charge on any atom is -0.480 e. The topological polar surface area (TPSA) is 160 Å². The second-order valence-electron chi connectivity index (χ2n) is 8.95. The lowest BCUT2D eigenvalue weighted by Crippen LogP contribution is -2.38. The summed E-state index contributed by atoms with van der Waals surface area (Å²) in [6.45, 7) is 3.11. The van der Waals surface area contributed by atoms with Crippen molar-refractivity contribution in [2.24, 2.45) is 0 Å². The number of hydrogen-bond acceptors (Lipinski definition) is 9. The lowest BCUT2D eigenvalue weighted by Gasteiger charge is -2.28. The first-order valence-corrected chi connectivity index (χ1v) is 11.9. The molecule has 0 bridgehead atoms. The summed E-state index contributed by atoms with van der Waals surface area (Å²) in [5, 5.41) is 27.2. The Morgan fingerprint density at radius 3 is 2.78 bits per heavy atom. The molecule has 1 fully saturated rings. The van der Waals surface area contributed by atoms with Crippen molar-refractivity contribution in [1.82, 2.24) is 34.8 Å². The van der Waals surface area contributed by atoms with Gasteiger partial charge in [0.05, 0.1) is 53.2 Å². The summed E-state index contributed by atoms with van der Waals surface area (Å²) in [5.41, 5.74) is 10.5. The number of nitriles is 1. The Hall–Kier alpha value is -4.69. The van der Waals surface area contributed by atoms with Crippen LogP contribution in [0.2, 0.25) is 0 Å². The minimum absolute atomic E-state index is 0.0920. The maximum atomic E-state index is 11.6. The molecule has 0 unspecified atom stereocenters. The standard InChI is InChI=1S/C26H25N9O2/c1-16(35-10-4-9-24(35)25(36)37)20-8-3-7-19(29-20)14-34-15-23(32-33-34)22-12-21(30-26(28)31-22)18-6-2-5-17(11-18)13-27/h2-3,5-8,11-12,15-16,24H,4,9-10,14H2,1H3,(H,36,37)(H2,28,30,31)/t16-,24+/m0/s1. The zero-order valence-electron chi connectivity index (χ0n) is 20.2. The minimum atomic E-state index is -0.790. The van der Waals surface area contributed by atoms with Crippen LogP contribution >= 0.6 is 0 Å². The quantitative estimate of drug-likeness (QED) is 0.390. The molecule has 0 radical (unpaired) electrons. The molecule has 2 atom stereocenters. The molecule has 37 heavy (non-hydrogen) atoms. The molecule has 11 nitrogen and oxygen atoms in total. The van der Waals surface area contributed by atoms with Crippen molar-refractivity contribution in [3.05, 3.63) is 71.7 Å². The summed E-state index contributed by atoms with van der Waals surface area (Å²) >= 11 is 0. The number of anilines is 1. The van der Waals surface area contributed by atoms with Gasteiger partial charge in [-0.2, -0.15) is 5.26 Å². The molecule has 4 aromatic rings. The number of nitrogens with zero attached hydrogens (tertiary/aromatic N) is 8. The first-order valence-electron chi connectivity index (χ1n) is 11.9. The number of nitrogen functional groups attached to an aromatic ring is 1. The monoisotopic (exact) mass is 495 g/mol. The van der Waals surface area contributed by atoms with E-state index in [9.17, 15) is 15.2 Å². The lowest BCUT2D eigenvalue weighted by molar-refractivity contribution is -0.142. The largest absolute Gasteiger partial charge is 0.480 e. The average Bonchev–Trinajstić information content (AvgIpc) is 3.58. The normalized spacial score (nSPS) is 16.4. The fraction of sp³-hybridized carbons (Fsp3) is 0.269. The summed E-state index contributed by atoms with van der Waals surface area (Å²) < 4.78 is 1.66. The predicted octanol–water partition coefficient (Wildman–Crippen LogP) is 2.91. The van der Waals surface area contributed by atoms with E-state index in [-0.39, 0.29) is 12.0 Å². The van der Waals surface area contributed by atoms with Gasteiger partial charge in [0.15, 0.2) is 0 Å². The molecule has 3 aromatic heterocycles. The van der Waals surface area contributed by atoms with E-state index in [0.717, 1.165) is 29.9 Å². The molecule has 0 aliphatic carbocycles. The number of carboxylic acids is 1. The molecular formula is C26H25N9O2. The van der Waals surface area contributed by atoms with E-state index in [2.05, 4.69) is 26.3 Å². The Morgan fingerprint density at radius 1 is 1.16 bits per heavy atom. The maximum absolute atomic E-state index is 11.6. The number of aliphatic carboxylic acids is 1. The van der Waals surface area contributed by atoms with Gasteiger partial charge in [-0.1, -0.05) is 23.4 Å². The third kappa shape index (κ3) is 5.14. The number of aromatic nitrogens is 6. The van der Waals surface area contributed by atoms with Crippen LogP contribution in [0.4, 0.5) is 5.95 Å². The molecule has 11 heteroatoms. The molecular weight excluding hydrogens is 470 g/mol. The van der Waals surface area contributed by atoms with Crippen molar-refractivity contribution in [3.63, 3.8) is 0 Å². The molecule has 186 valence electrons. The number of carbonyl (C=O) groups is 1. The highest BCUT2D eigenvalue weighted by molar-refractivity contribution is 5.74. The van der Waals surface area contributed by atoms with E-state index in [1.807, 2.05) is 36.1 Å². The van der Waals surface area contributed by atoms with Gasteiger partial charge in [-0.15, -0.1) is 5.10 Å². The molecule has 1 aromatic carbocycles. The number of hydrogen-bond donors (Lipinski definition) is 2. The Morgan fingerprint density at radius 2 is 1.97 bits per heavy atom. The molecule has 5 rings (SSSR count). The molecule has 0 spiro atoms. The van der Waals surface area contributed by atoms with Gasteiger partial charge in [0.2, 0.25) is 5.95 Å². The van der Waals surface area contributed by atoms with Crippen LogP contribution in [-0.4, -0.2) is 58.5 Å². The van der Waals surface area contributed by atoms with E-state index in [1.54, 1.807) is 35.1 Å². The molecule has 0 amide bonds. The third-order valence-electron chi connectivity index (χ3n) is 6.49. The highest BCUT2D eigenvalue weighted by atomic mass is 16.4. The van der Waals surface area contributed by atoms with Crippen LogP contribution in [0.25, 0.3) is 22.6 Å². The number of rotatable bonds is 7. The van der Waals surface area contributed by atoms with Crippen LogP contribution in [0.15, 0.2) is 54.7 Å². The highest BCUT2D eigenvalue weighted by Crippen LogP contribution is 2.29. The molecule has 0 saturated carbocycles. The Bertz CT molecular complexity index is 1490. The summed E-state index contributed by atoms with van der Waals surface area (Å²) in [6.07, 6.45) is 3.28. The number of carboxylic acid groups (broad SMARTS) is 1. The van der Waals surface area contributed by atoms with Crippen molar-refractivity contribution in [2.75, 3.05) is 12.3 Å². The zero-order valence-corrected chi connectivity index (χ0v) is 20.2. The molecule has 1 aliphatic heterocycles. The van der Waals surface area contributed by atoms with Crippen LogP contribution in [0.1, 0.15) is 42.8 Å². The van der Waals surface area contributed by atoms with Gasteiger partial charge in [0.25, 0.3) is 0 Å². The lowest BCUT2D eigenvalue weighted by atomic mass is 10.1. The zero-order chi connectivity index (χ0) is 25.9. The van der Waals surface area contributed by atoms with Gasteiger partial charge in [0, 0.05) is 5.56 Å². The van der Waals surface area contributed by atoms with Crippen molar-refractivity contribution in [1.29, 1.82) is 5.26 Å². The van der Waals surface area contributed by atoms with Gasteiger partial charge in [-0.3, -0.25) is 14.7 Å². The number of pyridine rings is 1. The number of nitrogens with two attached hydrogens (primary N) is 1. The Kier molecular flexibility index (Phi) is 6.57. The van der Waals surface area contributed by atoms with Crippen molar-refractivity contribution in [2.45, 2.75) is 38.4 Å². The molecule has 3 N–H and O–H groups in total. The van der Waals surface area contributed by atoms with E-state index < -0.39 is 12.0 Å². The van der Waals surface area contributed by atoms with Crippen molar-refractivity contribution >= 4 is 11.9 Å². The highest BCUT2D eigenvalue weighted by Gasteiger charge is 2.34. The smallest absolute Gasteiger partial charge is 0.320 e. The molecule has 1 saturated heterocycles. The van der Waals surface area contributed by atoms with E-state index >= 15 is 0 Å². The van der Waals surface area contributed by atoms with E-state index in [0.29, 0.717) is 35.6 Å². The average molecular weight is 496 g/mol. The molecule has 1 aliphatic rings. The van der Waals surface area contributed by atoms with Gasteiger partial charge >= 0.3 is 5.97 Å². The summed E-state index contributed by atoms with van der Waals surface area (Å²) in [4.78, 5) is 27.0. The van der Waals surface area contributed by atoms with Gasteiger partial charge in [-0.05, 0) is 56.6 Å². The second kappa shape index (κ2) is 10.1. The predicted molar refractivity (Wildman–Crippen MR) is 135 cm³/mol.